The van der Waals surface area contributed by atoms with Crippen molar-refractivity contribution >= 4 is 39.9 Å². The molecule has 8 nitrogen and oxygen atoms in total. The number of carbonyl (C=O) groups excluding carboxylic acids is 1. The summed E-state index contributed by atoms with van der Waals surface area (Å²) in [5.74, 6) is -0.735. The normalized spacial score (nSPS) is 16.3. The molecule has 0 bridgehead atoms. The van der Waals surface area contributed by atoms with Crippen LogP contribution in [0.1, 0.15) is 35.2 Å². The number of hydrogen-bond acceptors (Lipinski definition) is 6. The first-order valence-electron chi connectivity index (χ1n) is 11.4. The number of aromatic nitrogens is 2. The molecular weight excluding hydrogens is 463 g/mol. The predicted molar refractivity (Wildman–Crippen MR) is 126 cm³/mol. The Bertz CT molecular complexity index is 1210. The number of imidazole rings is 1. The summed E-state index contributed by atoms with van der Waals surface area (Å²) >= 11 is 6.36. The summed E-state index contributed by atoms with van der Waals surface area (Å²) in [7, 11) is 0. The van der Waals surface area contributed by atoms with Gasteiger partial charge >= 0.3 is 0 Å². The molecule has 2 fully saturated rings. The summed E-state index contributed by atoms with van der Waals surface area (Å²) in [6.45, 7) is 3.96. The molecule has 1 aliphatic heterocycles. The van der Waals surface area contributed by atoms with E-state index >= 15 is 4.39 Å². The number of amides is 1. The summed E-state index contributed by atoms with van der Waals surface area (Å²) in [5.41, 5.74) is 4.61. The predicted octanol–water partition coefficient (Wildman–Crippen LogP) is 4.72. The number of nitrogens with zero attached hydrogens (tertiary/aromatic N) is 2. The van der Waals surface area contributed by atoms with Crippen LogP contribution in [-0.4, -0.2) is 41.6 Å². The van der Waals surface area contributed by atoms with Gasteiger partial charge in [-0.15, -0.1) is 0 Å². The molecule has 0 unspecified atom stereocenters. The molecule has 5 rings (SSSR count). The van der Waals surface area contributed by atoms with E-state index in [9.17, 15) is 4.79 Å². The van der Waals surface area contributed by atoms with Gasteiger partial charge in [-0.05, 0) is 49.4 Å². The van der Waals surface area contributed by atoms with Crippen LogP contribution in [0.3, 0.4) is 0 Å². The van der Waals surface area contributed by atoms with Crippen molar-refractivity contribution in [3.05, 3.63) is 52.6 Å². The van der Waals surface area contributed by atoms with Gasteiger partial charge in [-0.25, -0.2) is 14.9 Å². The first-order chi connectivity index (χ1) is 16.5. The third-order valence-corrected chi connectivity index (χ3v) is 6.28. The molecule has 0 atom stereocenters. The SMILES string of the molecule is Cc1ccc(Nc2c(C(=O)NOCC3CC3)cc3c(ncn3CCC3OCCO3)c2F)c(Cl)c1. The summed E-state index contributed by atoms with van der Waals surface area (Å²) in [6.07, 6.45) is 4.01. The van der Waals surface area contributed by atoms with Gasteiger partial charge in [0, 0.05) is 13.0 Å². The minimum atomic E-state index is -0.645. The zero-order valence-electron chi connectivity index (χ0n) is 18.8. The molecule has 1 saturated carbocycles. The molecule has 10 heteroatoms. The first kappa shape index (κ1) is 23.0. The van der Waals surface area contributed by atoms with E-state index in [1.54, 1.807) is 29.1 Å². The van der Waals surface area contributed by atoms with Crippen LogP contribution in [-0.2, 0) is 20.9 Å². The number of rotatable bonds is 9. The molecule has 34 heavy (non-hydrogen) atoms. The number of anilines is 2. The number of hydrogen-bond donors (Lipinski definition) is 2. The Morgan fingerprint density at radius 3 is 2.82 bits per heavy atom. The summed E-state index contributed by atoms with van der Waals surface area (Å²) in [5, 5.41) is 3.41. The minimum absolute atomic E-state index is 0.0153. The average molecular weight is 489 g/mol. The van der Waals surface area contributed by atoms with Gasteiger partial charge in [0.25, 0.3) is 5.91 Å². The van der Waals surface area contributed by atoms with Crippen molar-refractivity contribution in [3.8, 4) is 0 Å². The quantitative estimate of drug-likeness (QED) is 0.424. The number of aryl methyl sites for hydroxylation is 2. The van der Waals surface area contributed by atoms with Crippen molar-refractivity contribution in [2.24, 2.45) is 5.92 Å². The molecule has 1 aromatic heterocycles. The van der Waals surface area contributed by atoms with Crippen LogP contribution in [0.2, 0.25) is 5.02 Å². The van der Waals surface area contributed by atoms with Gasteiger partial charge in [-0.2, -0.15) is 0 Å². The van der Waals surface area contributed by atoms with E-state index in [2.05, 4.69) is 15.8 Å². The van der Waals surface area contributed by atoms with Crippen LogP contribution in [0, 0.1) is 18.7 Å². The number of ether oxygens (including phenoxy) is 2. The maximum atomic E-state index is 15.7. The maximum Gasteiger partial charge on any atom is 0.277 e. The van der Waals surface area contributed by atoms with Crippen molar-refractivity contribution < 1.29 is 23.5 Å². The molecular formula is C24H26ClFN4O4. The Kier molecular flexibility index (Phi) is 6.69. The van der Waals surface area contributed by atoms with Crippen LogP contribution in [0.25, 0.3) is 11.0 Å². The molecule has 3 aromatic rings. The van der Waals surface area contributed by atoms with E-state index in [-0.39, 0.29) is 23.1 Å². The first-order valence-corrected chi connectivity index (χ1v) is 11.7. The Morgan fingerprint density at radius 1 is 1.29 bits per heavy atom. The van der Waals surface area contributed by atoms with Crippen molar-refractivity contribution in [2.45, 2.75) is 39.0 Å². The van der Waals surface area contributed by atoms with Crippen LogP contribution in [0.4, 0.5) is 15.8 Å². The van der Waals surface area contributed by atoms with E-state index in [4.69, 9.17) is 25.9 Å². The third kappa shape index (κ3) is 5.02. The Morgan fingerprint density at radius 2 is 2.09 bits per heavy atom. The highest BCUT2D eigenvalue weighted by molar-refractivity contribution is 6.33. The van der Waals surface area contributed by atoms with Crippen molar-refractivity contribution in [1.29, 1.82) is 0 Å². The fraction of sp³-hybridized carbons (Fsp3) is 0.417. The lowest BCUT2D eigenvalue weighted by atomic mass is 10.1. The second-order valence-corrected chi connectivity index (χ2v) is 9.08. The fourth-order valence-corrected chi connectivity index (χ4v) is 4.16. The smallest absolute Gasteiger partial charge is 0.277 e. The topological polar surface area (TPSA) is 86.6 Å². The molecule has 1 aliphatic carbocycles. The molecule has 0 radical (unpaired) electrons. The third-order valence-electron chi connectivity index (χ3n) is 5.96. The van der Waals surface area contributed by atoms with Gasteiger partial charge < -0.3 is 19.4 Å². The van der Waals surface area contributed by atoms with Crippen molar-refractivity contribution in [1.82, 2.24) is 15.0 Å². The number of nitrogens with one attached hydrogen (secondary N) is 2. The van der Waals surface area contributed by atoms with Crippen LogP contribution < -0.4 is 10.8 Å². The molecule has 180 valence electrons. The largest absolute Gasteiger partial charge is 0.351 e. The van der Waals surface area contributed by atoms with E-state index in [0.717, 1.165) is 18.4 Å². The molecule has 2 N–H and O–H groups in total. The van der Waals surface area contributed by atoms with Gasteiger partial charge in [0.15, 0.2) is 12.1 Å². The van der Waals surface area contributed by atoms with Crippen LogP contribution in [0.15, 0.2) is 30.6 Å². The molecule has 1 amide bonds. The number of hydroxylamine groups is 1. The number of fused-ring (bicyclic) bond motifs is 1. The number of carbonyl (C=O) groups is 1. The second-order valence-electron chi connectivity index (χ2n) is 8.67. The molecule has 1 saturated heterocycles. The highest BCUT2D eigenvalue weighted by atomic mass is 35.5. The molecule has 2 aromatic carbocycles. The Balaban J connectivity index is 1.48. The second kappa shape index (κ2) is 9.87. The Labute approximate surface area is 201 Å². The number of halogens is 2. The Hall–Kier alpha value is -2.72. The molecule has 2 heterocycles. The molecule has 2 aliphatic rings. The zero-order valence-corrected chi connectivity index (χ0v) is 19.5. The van der Waals surface area contributed by atoms with E-state index in [0.29, 0.717) is 54.9 Å². The van der Waals surface area contributed by atoms with Gasteiger partial charge in [0.05, 0.1) is 53.6 Å². The highest BCUT2D eigenvalue weighted by Gasteiger charge is 2.25. The monoisotopic (exact) mass is 488 g/mol. The molecule has 0 spiro atoms. The summed E-state index contributed by atoms with van der Waals surface area (Å²) < 4.78 is 28.5. The zero-order chi connectivity index (χ0) is 23.7. The van der Waals surface area contributed by atoms with Gasteiger partial charge in [-0.1, -0.05) is 17.7 Å². The van der Waals surface area contributed by atoms with Crippen molar-refractivity contribution in [3.63, 3.8) is 0 Å². The summed E-state index contributed by atoms with van der Waals surface area (Å²) in [6, 6.07) is 6.97. The van der Waals surface area contributed by atoms with E-state index in [1.165, 1.54) is 0 Å². The maximum absolute atomic E-state index is 15.7. The van der Waals surface area contributed by atoms with Gasteiger partial charge in [-0.3, -0.25) is 9.63 Å². The standard InChI is InChI=1S/C24H26ClFN4O4/c1-14-2-5-18(17(25)10-14)28-22-16(24(31)29-34-12-15-3-4-15)11-19-23(21(22)26)27-13-30(19)7-6-20-32-8-9-33-20/h2,5,10-11,13,15,20,28H,3-4,6-9,12H2,1H3,(H,29,31). The average Bonchev–Trinajstić information content (AvgIpc) is 3.31. The lowest BCUT2D eigenvalue weighted by Gasteiger charge is -2.16. The van der Waals surface area contributed by atoms with E-state index in [1.807, 2.05) is 13.0 Å². The highest BCUT2D eigenvalue weighted by Crippen LogP contribution is 2.34. The fourth-order valence-electron chi connectivity index (χ4n) is 3.88. The minimum Gasteiger partial charge on any atom is -0.351 e. The van der Waals surface area contributed by atoms with E-state index < -0.39 is 11.7 Å². The van der Waals surface area contributed by atoms with Crippen LogP contribution >= 0.6 is 11.6 Å². The summed E-state index contributed by atoms with van der Waals surface area (Å²) in [4.78, 5) is 22.7. The van der Waals surface area contributed by atoms with Crippen molar-refractivity contribution in [2.75, 3.05) is 25.1 Å². The lowest BCUT2D eigenvalue weighted by molar-refractivity contribution is -0.0489. The number of benzene rings is 2. The van der Waals surface area contributed by atoms with Gasteiger partial charge in [0.1, 0.15) is 5.52 Å². The van der Waals surface area contributed by atoms with Crippen LogP contribution in [0.5, 0.6) is 0 Å². The lowest BCUT2D eigenvalue weighted by Crippen LogP contribution is -2.26. The van der Waals surface area contributed by atoms with Gasteiger partial charge in [0.2, 0.25) is 0 Å².